The van der Waals surface area contributed by atoms with E-state index < -0.39 is 0 Å². The van der Waals surface area contributed by atoms with E-state index >= 15 is 0 Å². The molecule has 2 rings (SSSR count). The van der Waals surface area contributed by atoms with Crippen LogP contribution in [0, 0.1) is 12.8 Å². The fraction of sp³-hybridized carbons (Fsp3) is 0.786. The van der Waals surface area contributed by atoms with Gasteiger partial charge < -0.3 is 15.7 Å². The Morgan fingerprint density at radius 3 is 2.84 bits per heavy atom. The molecule has 0 radical (unpaired) electrons. The Bertz CT molecular complexity index is 425. The first-order valence-electron chi connectivity index (χ1n) is 7.25. The third-order valence-corrected chi connectivity index (χ3v) is 3.95. The molecule has 1 unspecified atom stereocenters. The lowest BCUT2D eigenvalue weighted by molar-refractivity contribution is 0.243. The van der Waals surface area contributed by atoms with Gasteiger partial charge in [0.15, 0.2) is 5.82 Å². The van der Waals surface area contributed by atoms with Crippen molar-refractivity contribution >= 4 is 11.5 Å². The summed E-state index contributed by atoms with van der Waals surface area (Å²) in [4.78, 5) is 2.35. The minimum Gasteiger partial charge on any atom is -0.396 e. The van der Waals surface area contributed by atoms with Crippen LogP contribution in [-0.4, -0.2) is 34.6 Å². The normalized spacial score (nSPS) is 20.3. The van der Waals surface area contributed by atoms with Gasteiger partial charge in [0.25, 0.3) is 0 Å². The summed E-state index contributed by atoms with van der Waals surface area (Å²) in [6, 6.07) is 0.309. The summed E-state index contributed by atoms with van der Waals surface area (Å²) < 4.78 is 2.03. The number of hydrogen-bond donors (Lipinski definition) is 2. The van der Waals surface area contributed by atoms with Gasteiger partial charge in [-0.25, -0.2) is 4.68 Å². The molecule has 0 aliphatic carbocycles. The summed E-state index contributed by atoms with van der Waals surface area (Å²) in [6.45, 7) is 8.50. The molecule has 1 aliphatic heterocycles. The van der Waals surface area contributed by atoms with Crippen LogP contribution >= 0.6 is 0 Å². The summed E-state index contributed by atoms with van der Waals surface area (Å²) in [6.07, 6.45) is 3.24. The average molecular weight is 266 g/mol. The van der Waals surface area contributed by atoms with Crippen molar-refractivity contribution in [2.45, 2.75) is 46.1 Å². The number of rotatable bonds is 4. The molecule has 108 valence electrons. The van der Waals surface area contributed by atoms with Gasteiger partial charge in [-0.3, -0.25) is 0 Å². The van der Waals surface area contributed by atoms with E-state index in [4.69, 9.17) is 10.8 Å². The second-order valence-corrected chi connectivity index (χ2v) is 5.83. The number of nitrogens with zero attached hydrogens (tertiary/aromatic N) is 3. The molecular weight excluding hydrogens is 240 g/mol. The van der Waals surface area contributed by atoms with E-state index in [9.17, 15) is 0 Å². The van der Waals surface area contributed by atoms with Crippen LogP contribution in [0.4, 0.5) is 11.5 Å². The van der Waals surface area contributed by atoms with Gasteiger partial charge in [-0.15, -0.1) is 0 Å². The highest BCUT2D eigenvalue weighted by molar-refractivity contribution is 5.66. The molecule has 0 saturated carbocycles. The molecule has 5 nitrogen and oxygen atoms in total. The van der Waals surface area contributed by atoms with Crippen LogP contribution in [0.5, 0.6) is 0 Å². The van der Waals surface area contributed by atoms with Gasteiger partial charge in [0.05, 0.1) is 11.4 Å². The van der Waals surface area contributed by atoms with E-state index in [1.807, 2.05) is 11.6 Å². The van der Waals surface area contributed by atoms with Crippen molar-refractivity contribution in [2.24, 2.45) is 5.92 Å². The smallest absolute Gasteiger partial charge is 0.150 e. The molecule has 5 heteroatoms. The molecule has 0 bridgehead atoms. The van der Waals surface area contributed by atoms with Gasteiger partial charge in [-0.2, -0.15) is 5.10 Å². The minimum absolute atomic E-state index is 0.274. The second-order valence-electron chi connectivity index (χ2n) is 5.83. The zero-order valence-corrected chi connectivity index (χ0v) is 12.3. The van der Waals surface area contributed by atoms with Gasteiger partial charge >= 0.3 is 0 Å². The molecule has 1 fully saturated rings. The van der Waals surface area contributed by atoms with E-state index in [2.05, 4.69) is 23.8 Å². The Hall–Kier alpha value is -1.23. The zero-order valence-electron chi connectivity index (χ0n) is 12.3. The van der Waals surface area contributed by atoms with Crippen LogP contribution < -0.4 is 10.6 Å². The van der Waals surface area contributed by atoms with Gasteiger partial charge in [0.1, 0.15) is 0 Å². The summed E-state index contributed by atoms with van der Waals surface area (Å²) >= 11 is 0. The largest absolute Gasteiger partial charge is 0.396 e. The zero-order chi connectivity index (χ0) is 14.0. The molecule has 2 heterocycles. The number of aliphatic hydroxyl groups excluding tert-OH is 1. The first kappa shape index (κ1) is 14.2. The summed E-state index contributed by atoms with van der Waals surface area (Å²) in [5.74, 6) is 1.63. The maximum atomic E-state index is 9.12. The van der Waals surface area contributed by atoms with Gasteiger partial charge in [0.2, 0.25) is 0 Å². The van der Waals surface area contributed by atoms with Crippen molar-refractivity contribution in [3.05, 3.63) is 5.69 Å². The first-order chi connectivity index (χ1) is 9.04. The molecule has 1 aliphatic rings. The summed E-state index contributed by atoms with van der Waals surface area (Å²) in [7, 11) is 0. The fourth-order valence-electron chi connectivity index (χ4n) is 2.90. The monoisotopic (exact) mass is 266 g/mol. The molecule has 1 aromatic heterocycles. The molecule has 3 N–H and O–H groups in total. The lowest BCUT2D eigenvalue weighted by Gasteiger charge is -2.35. The number of anilines is 2. The minimum atomic E-state index is 0.274. The lowest BCUT2D eigenvalue weighted by atomic mass is 9.95. The number of nitrogens with two attached hydrogens (primary N) is 1. The van der Waals surface area contributed by atoms with Crippen LogP contribution in [0.25, 0.3) is 0 Å². The topological polar surface area (TPSA) is 67.3 Å². The van der Waals surface area contributed by atoms with Crippen LogP contribution in [0.3, 0.4) is 0 Å². The van der Waals surface area contributed by atoms with Crippen LogP contribution in [-0.2, 0) is 0 Å². The van der Waals surface area contributed by atoms with Crippen molar-refractivity contribution in [1.29, 1.82) is 0 Å². The predicted molar refractivity (Wildman–Crippen MR) is 78.4 cm³/mol. The van der Waals surface area contributed by atoms with E-state index in [1.54, 1.807) is 0 Å². The molecule has 1 atom stereocenters. The lowest BCUT2D eigenvalue weighted by Crippen LogP contribution is -2.37. The van der Waals surface area contributed by atoms with Crippen LogP contribution in [0.15, 0.2) is 0 Å². The molecular formula is C14H26N4O. The van der Waals surface area contributed by atoms with Crippen LogP contribution in [0.1, 0.15) is 44.8 Å². The quantitative estimate of drug-likeness (QED) is 0.874. The maximum absolute atomic E-state index is 9.12. The first-order valence-corrected chi connectivity index (χ1v) is 7.25. The highest BCUT2D eigenvalue weighted by Gasteiger charge is 2.26. The predicted octanol–water partition coefficient (Wildman–Crippen LogP) is 1.95. The van der Waals surface area contributed by atoms with Crippen molar-refractivity contribution in [1.82, 2.24) is 9.78 Å². The molecule has 0 spiro atoms. The molecule has 1 saturated heterocycles. The van der Waals surface area contributed by atoms with Gasteiger partial charge in [-0.05, 0) is 46.0 Å². The van der Waals surface area contributed by atoms with E-state index in [0.717, 1.165) is 43.1 Å². The Labute approximate surface area is 115 Å². The fourth-order valence-corrected chi connectivity index (χ4v) is 2.90. The van der Waals surface area contributed by atoms with E-state index in [-0.39, 0.29) is 6.61 Å². The summed E-state index contributed by atoms with van der Waals surface area (Å²) in [5.41, 5.74) is 7.93. The Kier molecular flexibility index (Phi) is 4.34. The highest BCUT2D eigenvalue weighted by atomic mass is 16.3. The molecule has 0 amide bonds. The number of aliphatic hydroxyl groups is 1. The van der Waals surface area contributed by atoms with Crippen molar-refractivity contribution in [3.8, 4) is 0 Å². The van der Waals surface area contributed by atoms with Crippen molar-refractivity contribution in [2.75, 3.05) is 30.3 Å². The average Bonchev–Trinajstić information content (AvgIpc) is 2.67. The number of nitrogen functional groups attached to an aromatic ring is 1. The molecule has 1 aromatic rings. The molecule has 0 aromatic carbocycles. The van der Waals surface area contributed by atoms with E-state index in [0.29, 0.717) is 12.0 Å². The van der Waals surface area contributed by atoms with Gasteiger partial charge in [0, 0.05) is 25.7 Å². The molecule has 19 heavy (non-hydrogen) atoms. The number of piperidine rings is 1. The number of aromatic nitrogens is 2. The number of hydrogen-bond acceptors (Lipinski definition) is 4. The van der Waals surface area contributed by atoms with E-state index in [1.165, 1.54) is 6.42 Å². The standard InChI is InChI=1S/C14H26N4O/c1-10(2)18-14(13(15)11(3)16-18)17-7-4-5-12(9-17)6-8-19/h10,12,19H,4-9,15H2,1-3H3. The third kappa shape index (κ3) is 2.86. The Morgan fingerprint density at radius 1 is 1.47 bits per heavy atom. The van der Waals surface area contributed by atoms with Crippen molar-refractivity contribution in [3.63, 3.8) is 0 Å². The Morgan fingerprint density at radius 2 is 2.21 bits per heavy atom. The highest BCUT2D eigenvalue weighted by Crippen LogP contribution is 2.33. The third-order valence-electron chi connectivity index (χ3n) is 3.95. The summed E-state index contributed by atoms with van der Waals surface area (Å²) in [5, 5.41) is 13.7. The van der Waals surface area contributed by atoms with Gasteiger partial charge in [-0.1, -0.05) is 0 Å². The second kappa shape index (κ2) is 5.82. The van der Waals surface area contributed by atoms with Crippen molar-refractivity contribution < 1.29 is 5.11 Å². The maximum Gasteiger partial charge on any atom is 0.150 e. The Balaban J connectivity index is 2.25. The van der Waals surface area contributed by atoms with Crippen LogP contribution in [0.2, 0.25) is 0 Å². The SMILES string of the molecule is Cc1nn(C(C)C)c(N2CCCC(CCO)C2)c1N. The number of aryl methyl sites for hydroxylation is 1.